The highest BCUT2D eigenvalue weighted by molar-refractivity contribution is 6.24. The van der Waals surface area contributed by atoms with E-state index in [2.05, 4.69) is 303 Å². The SMILES string of the molecule is c1ccc(-c2ccc(-c3nc(-c4cccc(-c5ccccc5)c4)nc(-n4c5ccc(-n6c7ccccc7c7ccccc76)cc5c5ccc6c7cc(-n8c9ccccc9c9ccccc98)ccc7n(-c7ccccc7)c6c54)n3)cc2)cc1. The van der Waals surface area contributed by atoms with Gasteiger partial charge in [-0.3, -0.25) is 4.57 Å². The van der Waals surface area contributed by atoms with Gasteiger partial charge in [0.05, 0.1) is 44.1 Å². The van der Waals surface area contributed by atoms with Crippen LogP contribution in [0.1, 0.15) is 0 Å². The lowest BCUT2D eigenvalue weighted by Crippen LogP contribution is -2.07. The van der Waals surface area contributed by atoms with Gasteiger partial charge in [0.1, 0.15) is 0 Å². The Balaban J connectivity index is 0.989. The van der Waals surface area contributed by atoms with Gasteiger partial charge >= 0.3 is 0 Å². The monoisotopic (exact) mass is 1050 g/mol. The summed E-state index contributed by atoms with van der Waals surface area (Å²) in [5.41, 5.74) is 18.2. The highest BCUT2D eigenvalue weighted by atomic mass is 15.2. The summed E-state index contributed by atoms with van der Waals surface area (Å²) in [6, 6.07) is 102. The van der Waals surface area contributed by atoms with Crippen molar-refractivity contribution in [2.75, 3.05) is 0 Å². The average Bonchev–Trinajstić information content (AvgIpc) is 4.22. The predicted molar refractivity (Wildman–Crippen MR) is 339 cm³/mol. The number of nitrogens with zero attached hydrogens (tertiary/aromatic N) is 7. The lowest BCUT2D eigenvalue weighted by molar-refractivity contribution is 0.953. The molecule has 0 bridgehead atoms. The molecule has 382 valence electrons. The van der Waals surface area contributed by atoms with Gasteiger partial charge in [-0.1, -0.05) is 206 Å². The Kier molecular flexibility index (Phi) is 10.2. The normalized spacial score (nSPS) is 11.9. The maximum absolute atomic E-state index is 5.62. The zero-order chi connectivity index (χ0) is 53.8. The smallest absolute Gasteiger partial charge is 0.238 e. The summed E-state index contributed by atoms with van der Waals surface area (Å²) in [6.07, 6.45) is 0. The first kappa shape index (κ1) is 45.8. The van der Waals surface area contributed by atoms with Gasteiger partial charge in [0.15, 0.2) is 11.6 Å². The number of hydrogen-bond donors (Lipinski definition) is 0. The molecule has 0 saturated carbocycles. The zero-order valence-electron chi connectivity index (χ0n) is 44.3. The van der Waals surface area contributed by atoms with Gasteiger partial charge in [0, 0.05) is 71.3 Å². The summed E-state index contributed by atoms with van der Waals surface area (Å²) in [6.45, 7) is 0. The second-order valence-electron chi connectivity index (χ2n) is 21.2. The number of rotatable bonds is 8. The zero-order valence-corrected chi connectivity index (χ0v) is 44.3. The number of para-hydroxylation sites is 5. The highest BCUT2D eigenvalue weighted by Gasteiger charge is 2.26. The minimum atomic E-state index is 0.519. The molecule has 0 radical (unpaired) electrons. The molecule has 17 aromatic rings. The van der Waals surface area contributed by atoms with Crippen LogP contribution in [0.2, 0.25) is 0 Å². The van der Waals surface area contributed by atoms with E-state index in [4.69, 9.17) is 15.0 Å². The first-order chi connectivity index (χ1) is 40.7. The van der Waals surface area contributed by atoms with Crippen molar-refractivity contribution in [3.63, 3.8) is 0 Å². The maximum atomic E-state index is 5.62. The molecule has 0 amide bonds. The van der Waals surface area contributed by atoms with Gasteiger partial charge in [-0.25, -0.2) is 4.98 Å². The second kappa shape index (κ2) is 18.2. The topological polar surface area (TPSA) is 58.4 Å². The fourth-order valence-corrected chi connectivity index (χ4v) is 12.9. The van der Waals surface area contributed by atoms with Crippen LogP contribution >= 0.6 is 0 Å². The lowest BCUT2D eigenvalue weighted by Gasteiger charge is -2.14. The van der Waals surface area contributed by atoms with Crippen molar-refractivity contribution >= 4 is 87.2 Å². The molecule has 0 saturated heterocycles. The van der Waals surface area contributed by atoms with E-state index in [1.165, 1.54) is 32.6 Å². The molecule has 7 heteroatoms. The highest BCUT2D eigenvalue weighted by Crippen LogP contribution is 2.44. The molecule has 17 rings (SSSR count). The van der Waals surface area contributed by atoms with E-state index in [1.807, 2.05) is 0 Å². The van der Waals surface area contributed by atoms with Crippen LogP contribution in [0, 0.1) is 0 Å². The summed E-state index contributed by atoms with van der Waals surface area (Å²) in [7, 11) is 0. The molecule has 0 aliphatic carbocycles. The molecule has 0 unspecified atom stereocenters. The third kappa shape index (κ3) is 7.06. The Morgan fingerprint density at radius 3 is 1.10 bits per heavy atom. The molecular formula is C75H47N7. The van der Waals surface area contributed by atoms with E-state index in [0.29, 0.717) is 17.6 Å². The van der Waals surface area contributed by atoms with Crippen LogP contribution in [-0.4, -0.2) is 33.2 Å². The molecule has 0 fully saturated rings. The van der Waals surface area contributed by atoms with Crippen molar-refractivity contribution in [1.29, 1.82) is 0 Å². The summed E-state index contributed by atoms with van der Waals surface area (Å²) in [5.74, 6) is 1.67. The van der Waals surface area contributed by atoms with Crippen molar-refractivity contribution in [1.82, 2.24) is 33.2 Å². The predicted octanol–water partition coefficient (Wildman–Crippen LogP) is 18.9. The molecule has 5 heterocycles. The summed E-state index contributed by atoms with van der Waals surface area (Å²) >= 11 is 0. The van der Waals surface area contributed by atoms with Gasteiger partial charge in [0.25, 0.3) is 0 Å². The van der Waals surface area contributed by atoms with Crippen LogP contribution in [0.3, 0.4) is 0 Å². The number of benzene rings is 12. The third-order valence-electron chi connectivity index (χ3n) is 16.6. The summed E-state index contributed by atoms with van der Waals surface area (Å²) in [4.78, 5) is 16.6. The van der Waals surface area contributed by atoms with Gasteiger partial charge in [-0.15, -0.1) is 0 Å². The first-order valence-electron chi connectivity index (χ1n) is 27.8. The minimum absolute atomic E-state index is 0.519. The Bertz CT molecular complexity index is 5270. The number of fused-ring (bicyclic) bond motifs is 13. The standard InChI is InChI=1S/C75H47N7/c1-4-19-48(20-5-1)50-35-37-51(38-36-50)73-76-74(53-24-18-23-52(45-53)49-21-6-2-7-22-49)78-75(77-73)82-70-44-40-56(80-67-33-16-12-29-59(67)60-30-13-17-34-68(60)80)47-64(70)62-42-41-61-63-46-55(79-65-31-14-10-27-57(65)58-28-11-15-32-66(58)79)39-43-69(63)81(71(61)72(62)82)54-25-8-3-9-26-54/h1-47H. The van der Waals surface area contributed by atoms with E-state index in [9.17, 15) is 0 Å². The van der Waals surface area contributed by atoms with Crippen LogP contribution in [0.4, 0.5) is 0 Å². The molecule has 7 nitrogen and oxygen atoms in total. The quantitative estimate of drug-likeness (QED) is 0.152. The average molecular weight is 1050 g/mol. The van der Waals surface area contributed by atoms with E-state index in [0.717, 1.165) is 105 Å². The van der Waals surface area contributed by atoms with Crippen molar-refractivity contribution in [2.24, 2.45) is 0 Å². The molecule has 0 aliphatic heterocycles. The summed E-state index contributed by atoms with van der Waals surface area (Å²) < 4.78 is 9.57. The molecule has 0 aliphatic rings. The maximum Gasteiger partial charge on any atom is 0.238 e. The Hall–Kier alpha value is -11.2. The Morgan fingerprint density at radius 1 is 0.195 bits per heavy atom. The van der Waals surface area contributed by atoms with Crippen LogP contribution in [0.5, 0.6) is 0 Å². The fourth-order valence-electron chi connectivity index (χ4n) is 12.9. The van der Waals surface area contributed by atoms with E-state index in [1.54, 1.807) is 0 Å². The molecule has 0 N–H and O–H groups in total. The van der Waals surface area contributed by atoms with Crippen LogP contribution in [0.15, 0.2) is 285 Å². The molecule has 0 atom stereocenters. The van der Waals surface area contributed by atoms with Crippen molar-refractivity contribution in [3.05, 3.63) is 285 Å². The van der Waals surface area contributed by atoms with Crippen molar-refractivity contribution < 1.29 is 0 Å². The Morgan fingerprint density at radius 2 is 0.573 bits per heavy atom. The molecular weight excluding hydrogens is 999 g/mol. The van der Waals surface area contributed by atoms with E-state index in [-0.39, 0.29) is 0 Å². The third-order valence-corrected chi connectivity index (χ3v) is 16.6. The largest absolute Gasteiger partial charge is 0.309 e. The number of hydrogen-bond acceptors (Lipinski definition) is 3. The van der Waals surface area contributed by atoms with Crippen molar-refractivity contribution in [2.45, 2.75) is 0 Å². The van der Waals surface area contributed by atoms with E-state index < -0.39 is 0 Å². The van der Waals surface area contributed by atoms with Gasteiger partial charge in [0.2, 0.25) is 5.95 Å². The van der Waals surface area contributed by atoms with Gasteiger partial charge < -0.3 is 13.7 Å². The van der Waals surface area contributed by atoms with Gasteiger partial charge in [-0.2, -0.15) is 9.97 Å². The number of aromatic nitrogens is 7. The van der Waals surface area contributed by atoms with Crippen LogP contribution in [0.25, 0.3) is 155 Å². The van der Waals surface area contributed by atoms with Crippen LogP contribution in [-0.2, 0) is 0 Å². The minimum Gasteiger partial charge on any atom is -0.309 e. The summed E-state index contributed by atoms with van der Waals surface area (Å²) in [5, 5.41) is 9.29. The van der Waals surface area contributed by atoms with Crippen molar-refractivity contribution in [3.8, 4) is 68.0 Å². The fraction of sp³-hybridized carbons (Fsp3) is 0. The van der Waals surface area contributed by atoms with E-state index >= 15 is 0 Å². The Labute approximate surface area is 471 Å². The molecule has 12 aromatic carbocycles. The molecule has 82 heavy (non-hydrogen) atoms. The molecule has 5 aromatic heterocycles. The van der Waals surface area contributed by atoms with Gasteiger partial charge in [-0.05, 0) is 101 Å². The first-order valence-corrected chi connectivity index (χ1v) is 27.8. The second-order valence-corrected chi connectivity index (χ2v) is 21.2. The molecule has 0 spiro atoms. The van der Waals surface area contributed by atoms with Crippen LogP contribution < -0.4 is 0 Å². The lowest BCUT2D eigenvalue weighted by atomic mass is 10.0.